The standard InChI is InChI=1S/C21H21N9O3/c31-20(10-15-2-3-16(11-22-15)30-13-23-25-26-30)29-6-5-28-7-8-32-21(18(28)12-29)14-1-4-19-17(9-14)24-27-33-19/h1-4,9,11,13,18,21H,5-8,10,12H2. The molecule has 12 nitrogen and oxygen atoms in total. The van der Waals surface area contributed by atoms with Crippen LogP contribution in [0.4, 0.5) is 0 Å². The van der Waals surface area contributed by atoms with Crippen LogP contribution in [0.5, 0.6) is 0 Å². The highest BCUT2D eigenvalue weighted by Crippen LogP contribution is 2.32. The molecular formula is C21H21N9O3. The van der Waals surface area contributed by atoms with Crippen molar-refractivity contribution < 1.29 is 14.1 Å². The first kappa shape index (κ1) is 19.9. The normalized spacial score (nSPS) is 21.3. The third-order valence-corrected chi connectivity index (χ3v) is 6.27. The van der Waals surface area contributed by atoms with Crippen molar-refractivity contribution in [2.45, 2.75) is 18.6 Å². The smallest absolute Gasteiger partial charge is 0.228 e. The van der Waals surface area contributed by atoms with Gasteiger partial charge < -0.3 is 14.2 Å². The molecule has 6 rings (SSSR count). The average Bonchev–Trinajstić information content (AvgIpc) is 3.56. The van der Waals surface area contributed by atoms with Crippen LogP contribution < -0.4 is 0 Å². The number of fused-ring (bicyclic) bond motifs is 2. The minimum Gasteiger partial charge on any atom is -0.370 e. The molecule has 2 fully saturated rings. The molecule has 2 aliphatic rings. The van der Waals surface area contributed by atoms with Gasteiger partial charge in [-0.1, -0.05) is 6.07 Å². The number of hydrogen-bond acceptors (Lipinski definition) is 10. The number of aromatic nitrogens is 7. The topological polar surface area (TPSA) is 128 Å². The van der Waals surface area contributed by atoms with Crippen molar-refractivity contribution in [1.29, 1.82) is 0 Å². The van der Waals surface area contributed by atoms with E-state index in [-0.39, 0.29) is 24.5 Å². The van der Waals surface area contributed by atoms with E-state index in [1.54, 1.807) is 6.20 Å². The number of tetrazole rings is 1. The van der Waals surface area contributed by atoms with Gasteiger partial charge in [0.1, 0.15) is 11.8 Å². The SMILES string of the molecule is O=C(Cc1ccc(-n2cnnn2)cn1)N1CCN2CCOC(c3ccc4onnc4c3)C2C1. The van der Waals surface area contributed by atoms with Crippen LogP contribution >= 0.6 is 0 Å². The van der Waals surface area contributed by atoms with Crippen LogP contribution in [0, 0.1) is 0 Å². The van der Waals surface area contributed by atoms with Gasteiger partial charge in [-0.3, -0.25) is 14.7 Å². The summed E-state index contributed by atoms with van der Waals surface area (Å²) in [7, 11) is 0. The predicted octanol–water partition coefficient (Wildman–Crippen LogP) is 0.420. The van der Waals surface area contributed by atoms with Crippen molar-refractivity contribution in [3.63, 3.8) is 0 Å². The Morgan fingerprint density at radius 3 is 2.97 bits per heavy atom. The summed E-state index contributed by atoms with van der Waals surface area (Å²) in [5.74, 6) is 0.0535. The summed E-state index contributed by atoms with van der Waals surface area (Å²) in [6, 6.07) is 9.56. The highest BCUT2D eigenvalue weighted by Gasteiger charge is 2.38. The van der Waals surface area contributed by atoms with Crippen LogP contribution in [-0.4, -0.2) is 90.1 Å². The first-order valence-corrected chi connectivity index (χ1v) is 10.8. The highest BCUT2D eigenvalue weighted by atomic mass is 16.5. The second kappa shape index (κ2) is 8.30. The summed E-state index contributed by atoms with van der Waals surface area (Å²) >= 11 is 0. The van der Waals surface area contributed by atoms with Crippen LogP contribution in [-0.2, 0) is 16.0 Å². The molecule has 0 saturated carbocycles. The molecule has 5 heterocycles. The number of rotatable bonds is 4. The molecule has 3 aromatic heterocycles. The number of morpholine rings is 1. The van der Waals surface area contributed by atoms with E-state index in [1.165, 1.54) is 11.0 Å². The van der Waals surface area contributed by atoms with Gasteiger partial charge in [0, 0.05) is 37.1 Å². The Balaban J connectivity index is 1.16. The Hall–Kier alpha value is -3.77. The first-order chi connectivity index (χ1) is 16.2. The van der Waals surface area contributed by atoms with E-state index < -0.39 is 0 Å². The number of nitrogens with zero attached hydrogens (tertiary/aromatic N) is 9. The summed E-state index contributed by atoms with van der Waals surface area (Å²) in [6.45, 7) is 3.62. The fourth-order valence-electron chi connectivity index (χ4n) is 4.54. The summed E-state index contributed by atoms with van der Waals surface area (Å²) in [5.41, 5.74) is 3.81. The molecule has 12 heteroatoms. The second-order valence-electron chi connectivity index (χ2n) is 8.17. The number of pyridine rings is 1. The molecule has 4 aromatic rings. The largest absolute Gasteiger partial charge is 0.370 e. The summed E-state index contributed by atoms with van der Waals surface area (Å²) in [5, 5.41) is 18.7. The van der Waals surface area contributed by atoms with Crippen LogP contribution in [0.15, 0.2) is 47.4 Å². The van der Waals surface area contributed by atoms with Gasteiger partial charge in [0.2, 0.25) is 5.91 Å². The van der Waals surface area contributed by atoms with Gasteiger partial charge in [-0.05, 0) is 40.3 Å². The van der Waals surface area contributed by atoms with Gasteiger partial charge in [-0.2, -0.15) is 4.68 Å². The summed E-state index contributed by atoms with van der Waals surface area (Å²) in [4.78, 5) is 21.8. The van der Waals surface area contributed by atoms with Crippen molar-refractivity contribution >= 4 is 17.0 Å². The molecule has 0 bridgehead atoms. The third kappa shape index (κ3) is 3.83. The maximum atomic E-state index is 13.1. The Bertz CT molecular complexity index is 1260. The predicted molar refractivity (Wildman–Crippen MR) is 113 cm³/mol. The minimum absolute atomic E-state index is 0.0535. The lowest BCUT2D eigenvalue weighted by molar-refractivity contribution is -0.141. The van der Waals surface area contributed by atoms with E-state index in [0.717, 1.165) is 24.3 Å². The fourth-order valence-corrected chi connectivity index (χ4v) is 4.54. The lowest BCUT2D eigenvalue weighted by Crippen LogP contribution is -2.60. The molecule has 0 aliphatic carbocycles. The van der Waals surface area contributed by atoms with E-state index >= 15 is 0 Å². The van der Waals surface area contributed by atoms with Crippen LogP contribution in [0.2, 0.25) is 0 Å². The van der Waals surface area contributed by atoms with Crippen molar-refractivity contribution in [3.05, 3.63) is 54.1 Å². The first-order valence-electron chi connectivity index (χ1n) is 10.8. The zero-order valence-corrected chi connectivity index (χ0v) is 17.7. The van der Waals surface area contributed by atoms with Gasteiger partial charge in [0.05, 0.1) is 37.1 Å². The van der Waals surface area contributed by atoms with E-state index in [1.807, 2.05) is 35.2 Å². The summed E-state index contributed by atoms with van der Waals surface area (Å²) in [6.07, 6.45) is 3.26. The number of hydrogen-bond donors (Lipinski definition) is 0. The van der Waals surface area contributed by atoms with Crippen molar-refractivity contribution in [2.75, 3.05) is 32.8 Å². The molecule has 1 amide bonds. The Morgan fingerprint density at radius 1 is 1.15 bits per heavy atom. The highest BCUT2D eigenvalue weighted by molar-refractivity contribution is 5.78. The lowest BCUT2D eigenvalue weighted by atomic mass is 9.96. The molecule has 2 aliphatic heterocycles. The molecule has 2 saturated heterocycles. The molecule has 168 valence electrons. The summed E-state index contributed by atoms with van der Waals surface area (Å²) < 4.78 is 12.8. The minimum atomic E-state index is -0.149. The monoisotopic (exact) mass is 447 g/mol. The molecular weight excluding hydrogens is 426 g/mol. The zero-order chi connectivity index (χ0) is 22.2. The Labute approximate surface area is 188 Å². The van der Waals surface area contributed by atoms with Gasteiger partial charge in [-0.25, -0.2) is 0 Å². The molecule has 0 N–H and O–H groups in total. The Kier molecular flexibility index (Phi) is 5.00. The molecule has 2 atom stereocenters. The Morgan fingerprint density at radius 2 is 2.12 bits per heavy atom. The maximum absolute atomic E-state index is 13.1. The zero-order valence-electron chi connectivity index (χ0n) is 17.7. The van der Waals surface area contributed by atoms with Crippen LogP contribution in [0.1, 0.15) is 17.4 Å². The van der Waals surface area contributed by atoms with Gasteiger partial charge >= 0.3 is 0 Å². The number of carbonyl (C=O) groups is 1. The van der Waals surface area contributed by atoms with E-state index in [4.69, 9.17) is 9.26 Å². The van der Waals surface area contributed by atoms with E-state index in [2.05, 4.69) is 35.8 Å². The number of amides is 1. The van der Waals surface area contributed by atoms with Gasteiger partial charge in [0.25, 0.3) is 0 Å². The lowest BCUT2D eigenvalue weighted by Gasteiger charge is -2.47. The second-order valence-corrected chi connectivity index (χ2v) is 8.17. The van der Waals surface area contributed by atoms with Crippen molar-refractivity contribution in [2.24, 2.45) is 0 Å². The molecule has 1 aromatic carbocycles. The number of carbonyl (C=O) groups excluding carboxylic acids is 1. The van der Waals surface area contributed by atoms with Gasteiger partial charge in [0.15, 0.2) is 5.58 Å². The van der Waals surface area contributed by atoms with E-state index in [9.17, 15) is 4.79 Å². The number of benzene rings is 1. The maximum Gasteiger partial charge on any atom is 0.228 e. The quantitative estimate of drug-likeness (QED) is 0.434. The number of ether oxygens (including phenoxy) is 1. The van der Waals surface area contributed by atoms with E-state index in [0.29, 0.717) is 36.5 Å². The third-order valence-electron chi connectivity index (χ3n) is 6.27. The molecule has 0 radical (unpaired) electrons. The average molecular weight is 447 g/mol. The van der Waals surface area contributed by atoms with Crippen molar-refractivity contribution in [1.82, 2.24) is 45.4 Å². The van der Waals surface area contributed by atoms with Crippen molar-refractivity contribution in [3.8, 4) is 5.69 Å². The molecule has 33 heavy (non-hydrogen) atoms. The van der Waals surface area contributed by atoms with Gasteiger partial charge in [-0.15, -0.1) is 10.2 Å². The van der Waals surface area contributed by atoms with Crippen LogP contribution in [0.3, 0.4) is 0 Å². The number of piperazine rings is 1. The van der Waals surface area contributed by atoms with Crippen LogP contribution in [0.25, 0.3) is 16.8 Å². The molecule has 0 spiro atoms. The molecule has 2 unspecified atom stereocenters. The fraction of sp³-hybridized carbons (Fsp3) is 0.381.